The van der Waals surface area contributed by atoms with Gasteiger partial charge in [-0.15, -0.1) is 11.3 Å². The summed E-state index contributed by atoms with van der Waals surface area (Å²) in [6, 6.07) is 1.59. The Morgan fingerprint density at radius 3 is 3.09 bits per heavy atom. The summed E-state index contributed by atoms with van der Waals surface area (Å²) in [5.41, 5.74) is -0.0324. The summed E-state index contributed by atoms with van der Waals surface area (Å²) in [5, 5.41) is 1.70. The number of aromatic amines is 1. The molecule has 4 nitrogen and oxygen atoms in total. The van der Waals surface area contributed by atoms with Gasteiger partial charge in [0.05, 0.1) is 0 Å². The fourth-order valence-electron chi connectivity index (χ4n) is 0.818. The van der Waals surface area contributed by atoms with E-state index in [1.807, 2.05) is 4.98 Å². The first-order valence-electron chi connectivity index (χ1n) is 2.88. The summed E-state index contributed by atoms with van der Waals surface area (Å²) >= 11 is 1.25. The Balaban J connectivity index is 3.15. The van der Waals surface area contributed by atoms with E-state index in [-0.39, 0.29) is 5.56 Å². The van der Waals surface area contributed by atoms with Crippen LogP contribution in [0.1, 0.15) is 0 Å². The number of thiophene rings is 1. The van der Waals surface area contributed by atoms with Crippen LogP contribution in [0.3, 0.4) is 0 Å². The van der Waals surface area contributed by atoms with Gasteiger partial charge in [0.25, 0.3) is 5.56 Å². The number of nitrogens with one attached hydrogen (secondary N) is 1. The van der Waals surface area contributed by atoms with Crippen molar-refractivity contribution in [1.29, 1.82) is 0 Å². The first-order valence-corrected chi connectivity index (χ1v) is 3.76. The molecule has 56 valence electrons. The minimum Gasteiger partial charge on any atom is -0.408 e. The maximum absolute atomic E-state index is 11.0. The molecule has 0 unspecified atom stereocenters. The average molecular weight is 169 g/mol. The fraction of sp³-hybridized carbons (Fsp3) is 0. The number of aromatic nitrogens is 1. The van der Waals surface area contributed by atoms with Crippen LogP contribution in [0.5, 0.6) is 0 Å². The molecule has 0 saturated carbocycles. The molecule has 0 radical (unpaired) electrons. The monoisotopic (exact) mass is 169 g/mol. The molecule has 2 aromatic heterocycles. The normalized spacial score (nSPS) is 10.5. The van der Waals surface area contributed by atoms with Crippen molar-refractivity contribution in [3.8, 4) is 0 Å². The minimum absolute atomic E-state index is 0.351. The molecule has 2 heterocycles. The van der Waals surface area contributed by atoms with E-state index in [0.717, 1.165) is 0 Å². The quantitative estimate of drug-likeness (QED) is 0.626. The van der Waals surface area contributed by atoms with Gasteiger partial charge in [-0.3, -0.25) is 9.78 Å². The molecule has 2 rings (SSSR count). The third kappa shape index (κ3) is 0.894. The van der Waals surface area contributed by atoms with Gasteiger partial charge in [-0.1, -0.05) is 0 Å². The van der Waals surface area contributed by atoms with Gasteiger partial charge < -0.3 is 4.42 Å². The number of hydrogen-bond donors (Lipinski definition) is 1. The van der Waals surface area contributed by atoms with E-state index in [4.69, 9.17) is 0 Å². The number of H-pyrrole nitrogens is 1. The SMILES string of the molecule is O=c1[nH]c(=O)c2sccc2o1. The molecule has 0 saturated heterocycles. The average Bonchev–Trinajstić information content (AvgIpc) is 2.34. The zero-order chi connectivity index (χ0) is 7.84. The minimum atomic E-state index is -0.707. The summed E-state index contributed by atoms with van der Waals surface area (Å²) in [7, 11) is 0. The first-order chi connectivity index (χ1) is 5.27. The molecule has 0 aliphatic rings. The van der Waals surface area contributed by atoms with Crippen LogP contribution in [0.25, 0.3) is 10.3 Å². The molecule has 0 spiro atoms. The molecule has 0 aliphatic carbocycles. The Kier molecular flexibility index (Phi) is 1.19. The second-order valence-electron chi connectivity index (χ2n) is 1.96. The van der Waals surface area contributed by atoms with E-state index < -0.39 is 5.76 Å². The van der Waals surface area contributed by atoms with Gasteiger partial charge in [-0.05, 0) is 11.4 Å². The Morgan fingerprint density at radius 1 is 1.45 bits per heavy atom. The lowest BCUT2D eigenvalue weighted by atomic mass is 10.5. The molecule has 0 atom stereocenters. The van der Waals surface area contributed by atoms with Crippen LogP contribution >= 0.6 is 11.3 Å². The fourth-order valence-corrected chi connectivity index (χ4v) is 1.53. The van der Waals surface area contributed by atoms with Crippen molar-refractivity contribution in [3.05, 3.63) is 32.4 Å². The van der Waals surface area contributed by atoms with Gasteiger partial charge in [-0.2, -0.15) is 0 Å². The van der Waals surface area contributed by atoms with Crippen LogP contribution < -0.4 is 11.3 Å². The third-order valence-electron chi connectivity index (χ3n) is 1.25. The maximum Gasteiger partial charge on any atom is 0.419 e. The lowest BCUT2D eigenvalue weighted by Crippen LogP contribution is -2.16. The maximum atomic E-state index is 11.0. The summed E-state index contributed by atoms with van der Waals surface area (Å²) < 4.78 is 5.13. The highest BCUT2D eigenvalue weighted by molar-refractivity contribution is 7.17. The van der Waals surface area contributed by atoms with Gasteiger partial charge in [0.15, 0.2) is 5.58 Å². The second-order valence-corrected chi connectivity index (χ2v) is 2.87. The van der Waals surface area contributed by atoms with Crippen molar-refractivity contribution in [1.82, 2.24) is 4.98 Å². The summed E-state index contributed by atoms with van der Waals surface area (Å²) in [6.45, 7) is 0. The summed E-state index contributed by atoms with van der Waals surface area (Å²) in [4.78, 5) is 23.6. The molecule has 5 heteroatoms. The summed E-state index contributed by atoms with van der Waals surface area (Å²) in [5.74, 6) is -0.707. The van der Waals surface area contributed by atoms with E-state index in [9.17, 15) is 9.59 Å². The molecule has 2 aromatic rings. The predicted octanol–water partition coefficient (Wildman–Crippen LogP) is 0.543. The van der Waals surface area contributed by atoms with E-state index in [2.05, 4.69) is 4.42 Å². The molecule has 0 amide bonds. The molecule has 0 aromatic carbocycles. The molecule has 1 N–H and O–H groups in total. The molecule has 0 fully saturated rings. The van der Waals surface area contributed by atoms with Crippen LogP contribution in [0, 0.1) is 0 Å². The molecular formula is C6H3NO3S. The van der Waals surface area contributed by atoms with Gasteiger partial charge >= 0.3 is 5.76 Å². The Labute approximate surface area is 64.1 Å². The molecule has 0 bridgehead atoms. The van der Waals surface area contributed by atoms with Gasteiger partial charge in [-0.25, -0.2) is 4.79 Å². The Morgan fingerprint density at radius 2 is 2.27 bits per heavy atom. The zero-order valence-corrected chi connectivity index (χ0v) is 6.10. The number of rotatable bonds is 0. The Bertz CT molecular complexity index is 492. The lowest BCUT2D eigenvalue weighted by molar-refractivity contribution is 0.529. The van der Waals surface area contributed by atoms with E-state index in [1.165, 1.54) is 11.3 Å². The van der Waals surface area contributed by atoms with Crippen molar-refractivity contribution < 1.29 is 4.42 Å². The lowest BCUT2D eigenvalue weighted by Gasteiger charge is -1.82. The van der Waals surface area contributed by atoms with E-state index in [0.29, 0.717) is 10.3 Å². The van der Waals surface area contributed by atoms with Crippen LogP contribution in [0.15, 0.2) is 25.5 Å². The smallest absolute Gasteiger partial charge is 0.408 e. The third-order valence-corrected chi connectivity index (χ3v) is 2.15. The van der Waals surface area contributed by atoms with Gasteiger partial charge in [0.1, 0.15) is 4.70 Å². The van der Waals surface area contributed by atoms with Crippen LogP contribution in [0.2, 0.25) is 0 Å². The number of hydrogen-bond acceptors (Lipinski definition) is 4. The Hall–Kier alpha value is -1.36. The molecule has 0 aliphatic heterocycles. The largest absolute Gasteiger partial charge is 0.419 e. The highest BCUT2D eigenvalue weighted by atomic mass is 32.1. The standard InChI is InChI=1S/C6H3NO3S/c8-5-4-3(1-2-11-4)10-6(9)7-5/h1-2H,(H,7,8,9). The number of fused-ring (bicyclic) bond motifs is 1. The van der Waals surface area contributed by atoms with Crippen LogP contribution in [-0.2, 0) is 0 Å². The molecule has 11 heavy (non-hydrogen) atoms. The van der Waals surface area contributed by atoms with E-state index in [1.54, 1.807) is 11.4 Å². The van der Waals surface area contributed by atoms with Crippen molar-refractivity contribution in [2.75, 3.05) is 0 Å². The van der Waals surface area contributed by atoms with Crippen molar-refractivity contribution in [2.24, 2.45) is 0 Å². The van der Waals surface area contributed by atoms with E-state index >= 15 is 0 Å². The van der Waals surface area contributed by atoms with Gasteiger partial charge in [0.2, 0.25) is 0 Å². The predicted molar refractivity (Wildman–Crippen MR) is 41.0 cm³/mol. The summed E-state index contributed by atoms with van der Waals surface area (Å²) in [6.07, 6.45) is 0. The highest BCUT2D eigenvalue weighted by Gasteiger charge is 2.01. The first kappa shape index (κ1) is 6.36. The van der Waals surface area contributed by atoms with Crippen molar-refractivity contribution in [3.63, 3.8) is 0 Å². The second kappa shape index (κ2) is 2.06. The van der Waals surface area contributed by atoms with Crippen molar-refractivity contribution >= 4 is 21.6 Å². The molecular weight excluding hydrogens is 166 g/mol. The highest BCUT2D eigenvalue weighted by Crippen LogP contribution is 2.13. The van der Waals surface area contributed by atoms with Crippen molar-refractivity contribution in [2.45, 2.75) is 0 Å². The van der Waals surface area contributed by atoms with Gasteiger partial charge in [0, 0.05) is 0 Å². The zero-order valence-electron chi connectivity index (χ0n) is 5.29. The van der Waals surface area contributed by atoms with Crippen LogP contribution in [-0.4, -0.2) is 4.98 Å². The van der Waals surface area contributed by atoms with Crippen LogP contribution in [0.4, 0.5) is 0 Å². The topological polar surface area (TPSA) is 63.1 Å².